The molecule has 2 aromatic rings. The third kappa shape index (κ3) is 6.32. The number of ether oxygens (including phenoxy) is 2. The number of pyridine rings is 1. The number of carbonyl (C=O) groups excluding carboxylic acids is 2. The molecule has 0 spiro atoms. The lowest BCUT2D eigenvalue weighted by atomic mass is 9.94. The van der Waals surface area contributed by atoms with Crippen LogP contribution in [0.1, 0.15) is 43.2 Å². The van der Waals surface area contributed by atoms with Gasteiger partial charge < -0.3 is 19.3 Å². The fourth-order valence-electron chi connectivity index (χ4n) is 4.71. The predicted molar refractivity (Wildman–Crippen MR) is 125 cm³/mol. The third-order valence-electron chi connectivity index (χ3n) is 6.59. The predicted octanol–water partition coefficient (Wildman–Crippen LogP) is 3.22. The monoisotopic (exact) mass is 451 g/mol. The molecule has 4 rings (SSSR count). The number of hydrogen-bond acceptors (Lipinski definition) is 5. The van der Waals surface area contributed by atoms with Crippen LogP contribution in [0.15, 0.2) is 48.8 Å². The van der Waals surface area contributed by atoms with E-state index in [1.165, 1.54) is 6.42 Å². The number of nitrogens with zero attached hydrogens (tertiary/aromatic N) is 3. The first-order chi connectivity index (χ1) is 16.1. The first kappa shape index (κ1) is 23.2. The van der Waals surface area contributed by atoms with Gasteiger partial charge in [0.2, 0.25) is 11.8 Å². The van der Waals surface area contributed by atoms with E-state index in [1.807, 2.05) is 41.3 Å². The molecule has 0 radical (unpaired) electrons. The van der Waals surface area contributed by atoms with Gasteiger partial charge in [-0.25, -0.2) is 0 Å². The van der Waals surface area contributed by atoms with Crippen molar-refractivity contribution in [3.63, 3.8) is 0 Å². The lowest BCUT2D eigenvalue weighted by Gasteiger charge is -2.34. The molecule has 7 heteroatoms. The summed E-state index contributed by atoms with van der Waals surface area (Å²) < 4.78 is 11.4. The Morgan fingerprint density at radius 1 is 1.00 bits per heavy atom. The van der Waals surface area contributed by atoms with Crippen molar-refractivity contribution in [1.82, 2.24) is 14.8 Å². The van der Waals surface area contributed by atoms with E-state index in [-0.39, 0.29) is 36.9 Å². The van der Waals surface area contributed by atoms with Gasteiger partial charge in [-0.2, -0.15) is 0 Å². The molecule has 0 N–H and O–H groups in total. The highest BCUT2D eigenvalue weighted by atomic mass is 16.5. The molecule has 1 saturated carbocycles. The van der Waals surface area contributed by atoms with E-state index in [4.69, 9.17) is 9.47 Å². The lowest BCUT2D eigenvalue weighted by molar-refractivity contribution is -0.139. The smallest absolute Gasteiger partial charge is 0.242 e. The fourth-order valence-corrected chi connectivity index (χ4v) is 4.71. The number of hydrogen-bond donors (Lipinski definition) is 0. The first-order valence-electron chi connectivity index (χ1n) is 11.8. The molecule has 2 amide bonds. The van der Waals surface area contributed by atoms with Gasteiger partial charge in [0.15, 0.2) is 0 Å². The van der Waals surface area contributed by atoms with Gasteiger partial charge >= 0.3 is 0 Å². The van der Waals surface area contributed by atoms with Crippen molar-refractivity contribution in [1.29, 1.82) is 0 Å². The third-order valence-corrected chi connectivity index (χ3v) is 6.59. The van der Waals surface area contributed by atoms with Gasteiger partial charge in [0, 0.05) is 31.5 Å². The Hall–Kier alpha value is -2.93. The molecular weight excluding hydrogens is 418 g/mol. The molecule has 1 aliphatic carbocycles. The minimum absolute atomic E-state index is 0.0278. The molecule has 1 aromatic carbocycles. The molecule has 176 valence electrons. The number of aromatic nitrogens is 1. The Balaban J connectivity index is 1.47. The zero-order valence-electron chi connectivity index (χ0n) is 19.3. The maximum absolute atomic E-state index is 13.2. The molecule has 1 saturated heterocycles. The van der Waals surface area contributed by atoms with Gasteiger partial charge in [0.1, 0.15) is 5.75 Å². The zero-order chi connectivity index (χ0) is 23.0. The average molecular weight is 452 g/mol. The zero-order valence-corrected chi connectivity index (χ0v) is 19.3. The molecule has 1 aromatic heterocycles. The molecule has 1 aliphatic heterocycles. The summed E-state index contributed by atoms with van der Waals surface area (Å²) in [6.07, 6.45) is 9.10. The molecule has 2 aliphatic rings. The number of carbonyl (C=O) groups is 2. The SMILES string of the molecule is COc1ccc(CC(=O)N2CC(=O)N(C3CCCCC3)C[C@@H](OCc3ccncc3)C2)cc1. The maximum Gasteiger partial charge on any atom is 0.242 e. The van der Waals surface area contributed by atoms with Crippen molar-refractivity contribution in [2.24, 2.45) is 0 Å². The first-order valence-corrected chi connectivity index (χ1v) is 11.8. The van der Waals surface area contributed by atoms with E-state index in [0.29, 0.717) is 19.7 Å². The van der Waals surface area contributed by atoms with Gasteiger partial charge in [-0.05, 0) is 48.2 Å². The van der Waals surface area contributed by atoms with E-state index in [2.05, 4.69) is 4.98 Å². The van der Waals surface area contributed by atoms with E-state index < -0.39 is 0 Å². The van der Waals surface area contributed by atoms with Crippen LogP contribution < -0.4 is 4.74 Å². The Morgan fingerprint density at radius 3 is 2.42 bits per heavy atom. The molecule has 0 bridgehead atoms. The molecule has 0 unspecified atom stereocenters. The highest BCUT2D eigenvalue weighted by Gasteiger charge is 2.34. The quantitative estimate of drug-likeness (QED) is 0.646. The van der Waals surface area contributed by atoms with E-state index in [9.17, 15) is 9.59 Å². The summed E-state index contributed by atoms with van der Waals surface area (Å²) >= 11 is 0. The lowest BCUT2D eigenvalue weighted by Crippen LogP contribution is -2.46. The highest BCUT2D eigenvalue weighted by molar-refractivity contribution is 5.86. The molecule has 33 heavy (non-hydrogen) atoms. The molecule has 7 nitrogen and oxygen atoms in total. The number of rotatable bonds is 7. The highest BCUT2D eigenvalue weighted by Crippen LogP contribution is 2.25. The van der Waals surface area contributed by atoms with Crippen molar-refractivity contribution in [3.8, 4) is 5.75 Å². The Kier molecular flexibility index (Phi) is 7.94. The number of methoxy groups -OCH3 is 1. The van der Waals surface area contributed by atoms with Crippen molar-refractivity contribution in [3.05, 3.63) is 59.9 Å². The van der Waals surface area contributed by atoms with Gasteiger partial charge in [-0.1, -0.05) is 31.4 Å². The van der Waals surface area contributed by atoms with Crippen molar-refractivity contribution in [2.45, 2.75) is 57.3 Å². The topological polar surface area (TPSA) is 72.0 Å². The van der Waals surface area contributed by atoms with Crippen LogP contribution in [0.25, 0.3) is 0 Å². The number of benzene rings is 1. The Bertz CT molecular complexity index is 913. The molecular formula is C26H33N3O4. The van der Waals surface area contributed by atoms with Crippen LogP contribution in [-0.4, -0.2) is 65.5 Å². The van der Waals surface area contributed by atoms with Crippen molar-refractivity contribution >= 4 is 11.8 Å². The van der Waals surface area contributed by atoms with Crippen molar-refractivity contribution in [2.75, 3.05) is 26.7 Å². The van der Waals surface area contributed by atoms with Crippen molar-refractivity contribution < 1.29 is 19.1 Å². The van der Waals surface area contributed by atoms with E-state index in [1.54, 1.807) is 24.4 Å². The minimum Gasteiger partial charge on any atom is -0.497 e. The van der Waals surface area contributed by atoms with Crippen LogP contribution in [0.5, 0.6) is 5.75 Å². The van der Waals surface area contributed by atoms with Crippen LogP contribution in [-0.2, 0) is 27.4 Å². The van der Waals surface area contributed by atoms with Gasteiger partial charge in [0.05, 0.1) is 32.8 Å². The maximum atomic E-state index is 13.2. The van der Waals surface area contributed by atoms with Crippen LogP contribution in [0, 0.1) is 0 Å². The normalized spacial score (nSPS) is 19.9. The van der Waals surface area contributed by atoms with E-state index in [0.717, 1.165) is 42.6 Å². The van der Waals surface area contributed by atoms with Crippen LogP contribution >= 0.6 is 0 Å². The van der Waals surface area contributed by atoms with Gasteiger partial charge in [-0.15, -0.1) is 0 Å². The summed E-state index contributed by atoms with van der Waals surface area (Å²) in [5.41, 5.74) is 1.93. The summed E-state index contributed by atoms with van der Waals surface area (Å²) in [7, 11) is 1.62. The van der Waals surface area contributed by atoms with Gasteiger partial charge in [-0.3, -0.25) is 14.6 Å². The standard InChI is InChI=1S/C26H33N3O4/c1-32-23-9-7-20(8-10-23)15-25(30)28-16-24(33-19-21-11-13-27-14-12-21)17-29(26(31)18-28)22-5-3-2-4-6-22/h7-14,22,24H,2-6,15-19H2,1H3/t24-/m0/s1. The molecule has 2 heterocycles. The van der Waals surface area contributed by atoms with Crippen LogP contribution in [0.2, 0.25) is 0 Å². The minimum atomic E-state index is -0.230. The second-order valence-electron chi connectivity index (χ2n) is 8.93. The van der Waals surface area contributed by atoms with Crippen LogP contribution in [0.4, 0.5) is 0 Å². The second-order valence-corrected chi connectivity index (χ2v) is 8.93. The summed E-state index contributed by atoms with van der Waals surface area (Å²) in [5, 5.41) is 0. The molecule has 1 atom stereocenters. The van der Waals surface area contributed by atoms with E-state index >= 15 is 0 Å². The summed E-state index contributed by atoms with van der Waals surface area (Å²) in [5.74, 6) is 0.723. The fraction of sp³-hybridized carbons (Fsp3) is 0.500. The number of amides is 2. The van der Waals surface area contributed by atoms with Crippen LogP contribution in [0.3, 0.4) is 0 Å². The molecule has 2 fully saturated rings. The summed E-state index contributed by atoms with van der Waals surface area (Å²) in [4.78, 5) is 34.1. The largest absolute Gasteiger partial charge is 0.497 e. The average Bonchev–Trinajstić information content (AvgIpc) is 3.03. The Morgan fingerprint density at radius 2 is 1.73 bits per heavy atom. The summed E-state index contributed by atoms with van der Waals surface area (Å²) in [6, 6.07) is 11.6. The van der Waals surface area contributed by atoms with Gasteiger partial charge in [0.25, 0.3) is 0 Å². The summed E-state index contributed by atoms with van der Waals surface area (Å²) in [6.45, 7) is 1.48. The second kappa shape index (κ2) is 11.3. The Labute approximate surface area is 195 Å².